The van der Waals surface area contributed by atoms with Gasteiger partial charge in [-0.25, -0.2) is 9.59 Å². The molecule has 1 aliphatic carbocycles. The molecule has 112 valence electrons. The van der Waals surface area contributed by atoms with Crippen LogP contribution in [0.5, 0.6) is 0 Å². The molecule has 3 amide bonds. The summed E-state index contributed by atoms with van der Waals surface area (Å²) >= 11 is 0. The first-order valence-electron chi connectivity index (χ1n) is 7.06. The van der Waals surface area contributed by atoms with Crippen molar-refractivity contribution < 1.29 is 19.5 Å². The third-order valence-corrected chi connectivity index (χ3v) is 3.95. The second-order valence-corrected chi connectivity index (χ2v) is 5.42. The molecule has 2 aliphatic rings. The minimum absolute atomic E-state index is 0.0275. The predicted octanol–water partition coefficient (Wildman–Crippen LogP) is 0.160. The van der Waals surface area contributed by atoms with E-state index in [-0.39, 0.29) is 11.8 Å². The van der Waals surface area contributed by atoms with Crippen LogP contribution in [0.25, 0.3) is 0 Å². The van der Waals surface area contributed by atoms with Gasteiger partial charge in [0.25, 0.3) is 0 Å². The number of rotatable bonds is 4. The summed E-state index contributed by atoms with van der Waals surface area (Å²) in [5.74, 6) is -1.17. The van der Waals surface area contributed by atoms with Gasteiger partial charge in [0.1, 0.15) is 12.1 Å². The SMILES string of the molecule is CNC(=O)C1CCCCN1C(=O)NC(C(=O)O)C1CC1. The number of carboxylic acids is 1. The Balaban J connectivity index is 2.01. The Morgan fingerprint density at radius 2 is 1.90 bits per heavy atom. The predicted molar refractivity (Wildman–Crippen MR) is 71.1 cm³/mol. The normalized spacial score (nSPS) is 23.9. The molecule has 2 fully saturated rings. The first kappa shape index (κ1) is 14.6. The number of piperidine rings is 1. The van der Waals surface area contributed by atoms with E-state index in [2.05, 4.69) is 10.6 Å². The van der Waals surface area contributed by atoms with Crippen LogP contribution in [-0.4, -0.2) is 53.6 Å². The third-order valence-electron chi connectivity index (χ3n) is 3.95. The number of amides is 3. The summed E-state index contributed by atoms with van der Waals surface area (Å²) in [7, 11) is 1.54. The van der Waals surface area contributed by atoms with Crippen molar-refractivity contribution in [3.8, 4) is 0 Å². The lowest BCUT2D eigenvalue weighted by molar-refractivity contribution is -0.139. The lowest BCUT2D eigenvalue weighted by Gasteiger charge is -2.35. The van der Waals surface area contributed by atoms with Gasteiger partial charge in [-0.2, -0.15) is 0 Å². The third kappa shape index (κ3) is 3.20. The summed E-state index contributed by atoms with van der Waals surface area (Å²) in [6, 6.07) is -1.78. The fourth-order valence-electron chi connectivity index (χ4n) is 2.64. The Morgan fingerprint density at radius 1 is 1.20 bits per heavy atom. The summed E-state index contributed by atoms with van der Waals surface area (Å²) in [6.45, 7) is 0.487. The molecular formula is C13H21N3O4. The molecular weight excluding hydrogens is 262 g/mol. The molecule has 0 aromatic carbocycles. The average molecular weight is 283 g/mol. The summed E-state index contributed by atoms with van der Waals surface area (Å²) in [4.78, 5) is 36.7. The number of hydrogen-bond acceptors (Lipinski definition) is 3. The van der Waals surface area contributed by atoms with Crippen molar-refractivity contribution in [1.29, 1.82) is 0 Å². The Hall–Kier alpha value is -1.79. The van der Waals surface area contributed by atoms with Crippen molar-refractivity contribution in [3.63, 3.8) is 0 Å². The number of aliphatic carboxylic acids is 1. The number of hydrogen-bond donors (Lipinski definition) is 3. The fraction of sp³-hybridized carbons (Fsp3) is 0.769. The van der Waals surface area contributed by atoms with Crippen LogP contribution in [0.15, 0.2) is 0 Å². The molecule has 1 aliphatic heterocycles. The summed E-state index contributed by atoms with van der Waals surface area (Å²) in [5, 5.41) is 14.3. The van der Waals surface area contributed by atoms with Crippen LogP contribution in [0.3, 0.4) is 0 Å². The van der Waals surface area contributed by atoms with Gasteiger partial charge in [0, 0.05) is 13.6 Å². The number of likely N-dealkylation sites (N-methyl/N-ethyl adjacent to an activating group) is 1. The molecule has 3 N–H and O–H groups in total. The van der Waals surface area contributed by atoms with Crippen molar-refractivity contribution in [2.24, 2.45) is 5.92 Å². The molecule has 2 rings (SSSR count). The van der Waals surface area contributed by atoms with E-state index in [0.29, 0.717) is 13.0 Å². The second kappa shape index (κ2) is 6.11. The lowest BCUT2D eigenvalue weighted by atomic mass is 10.0. The van der Waals surface area contributed by atoms with Crippen molar-refractivity contribution in [2.75, 3.05) is 13.6 Å². The van der Waals surface area contributed by atoms with Crippen molar-refractivity contribution >= 4 is 17.9 Å². The van der Waals surface area contributed by atoms with Crippen LogP contribution in [0.2, 0.25) is 0 Å². The lowest BCUT2D eigenvalue weighted by Crippen LogP contribution is -2.57. The number of likely N-dealkylation sites (tertiary alicyclic amines) is 1. The largest absolute Gasteiger partial charge is 0.480 e. The fourth-order valence-corrected chi connectivity index (χ4v) is 2.64. The zero-order chi connectivity index (χ0) is 14.7. The number of nitrogens with zero attached hydrogens (tertiary/aromatic N) is 1. The molecule has 0 radical (unpaired) electrons. The van der Waals surface area contributed by atoms with Gasteiger partial charge in [0.05, 0.1) is 0 Å². The van der Waals surface area contributed by atoms with Crippen LogP contribution < -0.4 is 10.6 Å². The van der Waals surface area contributed by atoms with Crippen LogP contribution in [0.4, 0.5) is 4.79 Å². The minimum Gasteiger partial charge on any atom is -0.480 e. The maximum absolute atomic E-state index is 12.2. The number of urea groups is 1. The van der Waals surface area contributed by atoms with E-state index < -0.39 is 24.1 Å². The van der Waals surface area contributed by atoms with Gasteiger partial charge in [0.15, 0.2) is 0 Å². The standard InChI is InChI=1S/C13H21N3O4/c1-14-11(17)9-4-2-3-7-16(9)13(20)15-10(12(18)19)8-5-6-8/h8-10H,2-7H2,1H3,(H,14,17)(H,15,20)(H,18,19). The molecule has 0 aromatic rings. The summed E-state index contributed by atoms with van der Waals surface area (Å²) in [5.41, 5.74) is 0. The van der Waals surface area contributed by atoms with E-state index in [1.54, 1.807) is 0 Å². The number of carboxylic acid groups (broad SMARTS) is 1. The molecule has 0 aromatic heterocycles. The van der Waals surface area contributed by atoms with Crippen LogP contribution in [-0.2, 0) is 9.59 Å². The van der Waals surface area contributed by atoms with E-state index in [1.165, 1.54) is 11.9 Å². The maximum Gasteiger partial charge on any atom is 0.326 e. The highest BCUT2D eigenvalue weighted by Gasteiger charge is 2.39. The first-order chi connectivity index (χ1) is 9.54. The zero-order valence-electron chi connectivity index (χ0n) is 11.6. The highest BCUT2D eigenvalue weighted by atomic mass is 16.4. The molecule has 1 saturated heterocycles. The monoisotopic (exact) mass is 283 g/mol. The van der Waals surface area contributed by atoms with Gasteiger partial charge in [-0.05, 0) is 38.0 Å². The van der Waals surface area contributed by atoms with Gasteiger partial charge in [-0.1, -0.05) is 0 Å². The van der Waals surface area contributed by atoms with Crippen molar-refractivity contribution in [2.45, 2.75) is 44.2 Å². The summed E-state index contributed by atoms with van der Waals surface area (Å²) in [6.07, 6.45) is 4.01. The smallest absolute Gasteiger partial charge is 0.326 e. The number of nitrogens with one attached hydrogen (secondary N) is 2. The van der Waals surface area contributed by atoms with E-state index in [9.17, 15) is 14.4 Å². The molecule has 20 heavy (non-hydrogen) atoms. The van der Waals surface area contributed by atoms with Crippen molar-refractivity contribution in [1.82, 2.24) is 15.5 Å². The topological polar surface area (TPSA) is 98.7 Å². The van der Waals surface area contributed by atoms with Crippen LogP contribution in [0, 0.1) is 5.92 Å². The van der Waals surface area contributed by atoms with Crippen LogP contribution in [0.1, 0.15) is 32.1 Å². The molecule has 2 atom stereocenters. The van der Waals surface area contributed by atoms with Gasteiger partial charge in [-0.3, -0.25) is 4.79 Å². The minimum atomic E-state index is -1.01. The van der Waals surface area contributed by atoms with Crippen molar-refractivity contribution in [3.05, 3.63) is 0 Å². The highest BCUT2D eigenvalue weighted by molar-refractivity contribution is 5.89. The van der Waals surface area contributed by atoms with E-state index in [0.717, 1.165) is 25.7 Å². The Labute approximate surface area is 117 Å². The molecule has 2 unspecified atom stereocenters. The van der Waals surface area contributed by atoms with Gasteiger partial charge in [0.2, 0.25) is 5.91 Å². The first-order valence-corrected chi connectivity index (χ1v) is 7.06. The maximum atomic E-state index is 12.2. The Kier molecular flexibility index (Phi) is 4.46. The van der Waals surface area contributed by atoms with Gasteiger partial charge < -0.3 is 20.6 Å². The zero-order valence-corrected chi connectivity index (χ0v) is 11.6. The Morgan fingerprint density at radius 3 is 2.45 bits per heavy atom. The average Bonchev–Trinajstić information content (AvgIpc) is 3.27. The molecule has 0 bridgehead atoms. The van der Waals surface area contributed by atoms with E-state index in [4.69, 9.17) is 5.11 Å². The molecule has 1 heterocycles. The second-order valence-electron chi connectivity index (χ2n) is 5.42. The van der Waals surface area contributed by atoms with Crippen LogP contribution >= 0.6 is 0 Å². The van der Waals surface area contributed by atoms with Gasteiger partial charge >= 0.3 is 12.0 Å². The molecule has 0 spiro atoms. The summed E-state index contributed by atoms with van der Waals surface area (Å²) < 4.78 is 0. The number of carbonyl (C=O) groups is 3. The Bertz CT molecular complexity index is 408. The van der Waals surface area contributed by atoms with Gasteiger partial charge in [-0.15, -0.1) is 0 Å². The highest BCUT2D eigenvalue weighted by Crippen LogP contribution is 2.33. The van der Waals surface area contributed by atoms with E-state index in [1.807, 2.05) is 0 Å². The van der Waals surface area contributed by atoms with E-state index >= 15 is 0 Å². The molecule has 7 heteroatoms. The molecule has 7 nitrogen and oxygen atoms in total. The molecule has 1 saturated carbocycles. The number of carbonyl (C=O) groups excluding carboxylic acids is 2. The quantitative estimate of drug-likeness (QED) is 0.684.